The van der Waals surface area contributed by atoms with Crippen LogP contribution in [0.1, 0.15) is 73.6 Å². The third-order valence-electron chi connectivity index (χ3n) is 12.6. The van der Waals surface area contributed by atoms with Crippen molar-refractivity contribution < 1.29 is 63.0 Å². The van der Waals surface area contributed by atoms with E-state index in [1.165, 1.54) is 0 Å². The molecule has 24 heteroatoms. The summed E-state index contributed by atoms with van der Waals surface area (Å²) >= 11 is 0. The first kappa shape index (κ1) is 63.5. The average molecular weight is 1110 g/mol. The highest BCUT2D eigenvalue weighted by Crippen LogP contribution is 2.12. The highest BCUT2D eigenvalue weighted by Gasteiger charge is 2.35. The van der Waals surface area contributed by atoms with Crippen LogP contribution in [0, 0.1) is 0 Å². The van der Waals surface area contributed by atoms with Gasteiger partial charge in [-0.15, -0.1) is 0 Å². The summed E-state index contributed by atoms with van der Waals surface area (Å²) in [4.78, 5) is 147. The van der Waals surface area contributed by atoms with Crippen LogP contribution in [0.2, 0.25) is 0 Å². The molecule has 0 fully saturated rings. The first-order chi connectivity index (χ1) is 38.2. The predicted octanol–water partition coefficient (Wildman–Crippen LogP) is -1.10. The second kappa shape index (κ2) is 33.3. The van der Waals surface area contributed by atoms with Gasteiger partial charge in [-0.1, -0.05) is 121 Å². The van der Waals surface area contributed by atoms with E-state index in [0.717, 1.165) is 0 Å². The molecule has 17 N–H and O–H groups in total. The Hall–Kier alpha value is -9.03. The van der Waals surface area contributed by atoms with Crippen LogP contribution in [0.25, 0.3) is 0 Å². The molecule has 0 bridgehead atoms. The number of benzene rings is 4. The zero-order valence-corrected chi connectivity index (χ0v) is 44.1. The van der Waals surface area contributed by atoms with Gasteiger partial charge in [-0.3, -0.25) is 47.9 Å². The molecule has 0 aliphatic heterocycles. The Morgan fingerprint density at radius 2 is 0.700 bits per heavy atom. The van der Waals surface area contributed by atoms with Crippen LogP contribution >= 0.6 is 0 Å². The molecule has 0 saturated heterocycles. The number of carboxylic acids is 2. The van der Waals surface area contributed by atoms with Crippen molar-refractivity contribution in [3.8, 4) is 0 Å². The minimum Gasteiger partial charge on any atom is -0.481 e. The Balaban J connectivity index is 1.63. The lowest BCUT2D eigenvalue weighted by Gasteiger charge is -2.28. The summed E-state index contributed by atoms with van der Waals surface area (Å²) in [6.07, 6.45) is -2.37. The quantitative estimate of drug-likeness (QED) is 0.0243. The topological polar surface area (TPSA) is 417 Å². The van der Waals surface area contributed by atoms with Gasteiger partial charge in [-0.05, 0) is 67.3 Å². The standard InChI is InChI=1S/C56H71N11O13/c57-28-14-13-23-41(56(79)80)63-53(76)43(31-36-19-9-3-10-20-36)66-55(78)45(33-47(60)69)67-54(77)44(32-37-21-11-4-12-22-37)65-50(73)39(24-26-46(59)68)62-52(75)42(30-35-17-7-2-8-18-35)64-51(74)40(25-27-48(70)71)61-49(72)38(58)29-34-15-5-1-6-16-34/h1-12,15-22,38-45H,13-14,23-33,57-58H2,(H2,59,68)(H2,60,69)(H,61,72)(H,62,75)(H,63,76)(H,64,74)(H,65,73)(H,66,78)(H,67,77)(H,70,71)(H,79,80)/t38-,39-,40-,41-,42-,43-,44-,45-/m0/s1. The third-order valence-corrected chi connectivity index (χ3v) is 12.6. The molecule has 0 aliphatic rings. The van der Waals surface area contributed by atoms with Gasteiger partial charge in [-0.2, -0.15) is 0 Å². The summed E-state index contributed by atoms with van der Waals surface area (Å²) in [6, 6.07) is 21.7. The van der Waals surface area contributed by atoms with Gasteiger partial charge >= 0.3 is 11.9 Å². The van der Waals surface area contributed by atoms with E-state index in [4.69, 9.17) is 22.9 Å². The Morgan fingerprint density at radius 3 is 1.06 bits per heavy atom. The first-order valence-electron chi connectivity index (χ1n) is 26.0. The Morgan fingerprint density at radius 1 is 0.375 bits per heavy atom. The fourth-order valence-corrected chi connectivity index (χ4v) is 8.30. The molecule has 4 aromatic carbocycles. The summed E-state index contributed by atoms with van der Waals surface area (Å²) in [5, 5.41) is 37.0. The minimum atomic E-state index is -1.78. The van der Waals surface area contributed by atoms with Crippen LogP contribution in [0.5, 0.6) is 0 Å². The van der Waals surface area contributed by atoms with E-state index < -0.39 is 146 Å². The number of carbonyl (C=O) groups excluding carboxylic acids is 9. The summed E-state index contributed by atoms with van der Waals surface area (Å²) < 4.78 is 0. The normalized spacial score (nSPS) is 13.9. The molecule has 4 rings (SSSR count). The summed E-state index contributed by atoms with van der Waals surface area (Å²) in [5.74, 6) is -11.4. The van der Waals surface area contributed by atoms with E-state index in [0.29, 0.717) is 35.1 Å². The number of nitrogens with two attached hydrogens (primary N) is 4. The number of carboxylic acid groups (broad SMARTS) is 2. The number of primary amides is 2. The zero-order valence-electron chi connectivity index (χ0n) is 44.1. The number of nitrogens with one attached hydrogen (secondary N) is 7. The van der Waals surface area contributed by atoms with E-state index in [1.807, 2.05) is 0 Å². The Kier molecular flexibility index (Phi) is 26.4. The third kappa shape index (κ3) is 22.9. The van der Waals surface area contributed by atoms with Crippen molar-refractivity contribution in [1.82, 2.24) is 37.2 Å². The molecular weight excluding hydrogens is 1030 g/mol. The van der Waals surface area contributed by atoms with Crippen molar-refractivity contribution in [3.05, 3.63) is 144 Å². The predicted molar refractivity (Wildman–Crippen MR) is 292 cm³/mol. The van der Waals surface area contributed by atoms with E-state index in [1.54, 1.807) is 121 Å². The average Bonchev–Trinajstić information content (AvgIpc) is 3.42. The van der Waals surface area contributed by atoms with Crippen molar-refractivity contribution in [2.45, 2.75) is 125 Å². The molecule has 0 aromatic heterocycles. The highest BCUT2D eigenvalue weighted by molar-refractivity contribution is 5.99. The smallest absolute Gasteiger partial charge is 0.326 e. The van der Waals surface area contributed by atoms with E-state index in [2.05, 4.69) is 37.2 Å². The zero-order chi connectivity index (χ0) is 58.6. The molecule has 8 atom stereocenters. The minimum absolute atomic E-state index is 0.0285. The molecule has 428 valence electrons. The van der Waals surface area contributed by atoms with Crippen molar-refractivity contribution in [2.24, 2.45) is 22.9 Å². The number of amides is 9. The molecule has 0 unspecified atom stereocenters. The largest absolute Gasteiger partial charge is 0.481 e. The maximum atomic E-state index is 14.5. The summed E-state index contributed by atoms with van der Waals surface area (Å²) in [7, 11) is 0. The van der Waals surface area contributed by atoms with E-state index in [-0.39, 0.29) is 38.6 Å². The van der Waals surface area contributed by atoms with Gasteiger partial charge < -0.3 is 70.4 Å². The maximum Gasteiger partial charge on any atom is 0.326 e. The van der Waals surface area contributed by atoms with Crippen LogP contribution in [-0.2, 0) is 78.4 Å². The molecule has 0 saturated carbocycles. The monoisotopic (exact) mass is 1110 g/mol. The Labute approximate surface area is 462 Å². The van der Waals surface area contributed by atoms with Crippen molar-refractivity contribution in [1.29, 1.82) is 0 Å². The lowest BCUT2D eigenvalue weighted by Crippen LogP contribution is -2.61. The number of hydrogen-bond acceptors (Lipinski definition) is 13. The van der Waals surface area contributed by atoms with Gasteiger partial charge in [0.1, 0.15) is 42.3 Å². The van der Waals surface area contributed by atoms with Crippen molar-refractivity contribution in [3.63, 3.8) is 0 Å². The molecule has 9 amide bonds. The first-order valence-corrected chi connectivity index (χ1v) is 26.0. The number of aliphatic carboxylic acids is 2. The molecule has 0 radical (unpaired) electrons. The highest BCUT2D eigenvalue weighted by atomic mass is 16.4. The van der Waals surface area contributed by atoms with Crippen LogP contribution in [0.15, 0.2) is 121 Å². The summed E-state index contributed by atoms with van der Waals surface area (Å²) in [6.45, 7) is 0.288. The molecular formula is C56H71N11O13. The van der Waals surface area contributed by atoms with E-state index >= 15 is 0 Å². The van der Waals surface area contributed by atoms with Crippen molar-refractivity contribution in [2.75, 3.05) is 6.54 Å². The van der Waals surface area contributed by atoms with Crippen LogP contribution in [0.4, 0.5) is 0 Å². The molecule has 0 spiro atoms. The van der Waals surface area contributed by atoms with Gasteiger partial charge in [0.2, 0.25) is 53.2 Å². The van der Waals surface area contributed by atoms with Crippen molar-refractivity contribution >= 4 is 65.1 Å². The Bertz CT molecular complexity index is 2720. The van der Waals surface area contributed by atoms with Crippen LogP contribution in [0.3, 0.4) is 0 Å². The molecule has 0 aliphatic carbocycles. The lowest BCUT2D eigenvalue weighted by atomic mass is 10.0. The maximum absolute atomic E-state index is 14.5. The van der Waals surface area contributed by atoms with Gasteiger partial charge in [0, 0.05) is 32.1 Å². The van der Waals surface area contributed by atoms with Gasteiger partial charge in [0.25, 0.3) is 0 Å². The van der Waals surface area contributed by atoms with Gasteiger partial charge in [-0.25, -0.2) is 4.79 Å². The lowest BCUT2D eigenvalue weighted by molar-refractivity contribution is -0.142. The van der Waals surface area contributed by atoms with E-state index in [9.17, 15) is 63.0 Å². The number of unbranched alkanes of at least 4 members (excludes halogenated alkanes) is 1. The SMILES string of the molecule is NCCCC[C@H](NC(=O)[C@H](Cc1ccccc1)NC(=O)[C@H](CC(N)=O)NC(=O)[C@H](Cc1ccccc1)NC(=O)[C@H](CCC(N)=O)NC(=O)[C@H](Cc1ccccc1)NC(=O)[C@H](CCC(=O)O)NC(=O)[C@@H](N)Cc1ccccc1)C(=O)O. The second-order valence-corrected chi connectivity index (χ2v) is 19.0. The molecule has 0 heterocycles. The summed E-state index contributed by atoms with van der Waals surface area (Å²) in [5.41, 5.74) is 25.1. The van der Waals surface area contributed by atoms with Crippen LogP contribution in [-0.4, -0.2) is 130 Å². The fraction of sp³-hybridized carbons (Fsp3) is 0.375. The fourth-order valence-electron chi connectivity index (χ4n) is 8.30. The number of rotatable bonds is 35. The number of carbonyl (C=O) groups is 11. The van der Waals surface area contributed by atoms with Gasteiger partial charge in [0.05, 0.1) is 12.5 Å². The van der Waals surface area contributed by atoms with Gasteiger partial charge in [0.15, 0.2) is 0 Å². The molecule has 4 aromatic rings. The molecule has 80 heavy (non-hydrogen) atoms. The second-order valence-electron chi connectivity index (χ2n) is 19.0. The number of hydrogen-bond donors (Lipinski definition) is 13. The molecule has 24 nitrogen and oxygen atoms in total. The van der Waals surface area contributed by atoms with Crippen LogP contribution < -0.4 is 60.2 Å².